The Morgan fingerprint density at radius 1 is 1.07 bits per heavy atom. The van der Waals surface area contributed by atoms with Gasteiger partial charge in [-0.1, -0.05) is 18.2 Å². The molecule has 0 saturated carbocycles. The van der Waals surface area contributed by atoms with Crippen molar-refractivity contribution in [2.45, 2.75) is 19.4 Å². The van der Waals surface area contributed by atoms with Crippen molar-refractivity contribution in [3.8, 4) is 0 Å². The molecule has 1 aliphatic rings. The molecule has 3 rings (SSSR count). The Morgan fingerprint density at radius 2 is 1.78 bits per heavy atom. The van der Waals surface area contributed by atoms with Crippen LogP contribution < -0.4 is 20.9 Å². The fraction of sp³-hybridized carbons (Fsp3) is 0.211. The zero-order valence-electron chi connectivity index (χ0n) is 14.7. The van der Waals surface area contributed by atoms with Crippen molar-refractivity contribution in [3.05, 3.63) is 54.3 Å². The van der Waals surface area contributed by atoms with Gasteiger partial charge >= 0.3 is 6.03 Å². The van der Waals surface area contributed by atoms with Crippen molar-refractivity contribution in [3.63, 3.8) is 0 Å². The number of hydrogen-bond acceptors (Lipinski definition) is 3. The summed E-state index contributed by atoms with van der Waals surface area (Å²) in [7, 11) is 0. The van der Waals surface area contributed by atoms with Crippen molar-refractivity contribution in [2.24, 2.45) is 0 Å². The molecular formula is C19H19FN4O3. The summed E-state index contributed by atoms with van der Waals surface area (Å²) in [5.74, 6) is -1.06. The third kappa shape index (κ3) is 4.41. The highest BCUT2D eigenvalue weighted by Crippen LogP contribution is 2.24. The molecule has 1 aliphatic heterocycles. The van der Waals surface area contributed by atoms with Gasteiger partial charge in [-0.3, -0.25) is 9.59 Å². The molecule has 2 aromatic carbocycles. The highest BCUT2D eigenvalue weighted by Gasteiger charge is 2.34. The topological polar surface area (TPSA) is 90.5 Å². The quantitative estimate of drug-likeness (QED) is 0.773. The largest absolute Gasteiger partial charge is 0.326 e. The molecule has 2 aromatic rings. The van der Waals surface area contributed by atoms with Crippen molar-refractivity contribution in [2.75, 3.05) is 22.1 Å². The van der Waals surface area contributed by atoms with Crippen molar-refractivity contribution in [1.29, 1.82) is 0 Å². The molecule has 1 heterocycles. The van der Waals surface area contributed by atoms with Crippen LogP contribution in [0.2, 0.25) is 0 Å². The van der Waals surface area contributed by atoms with E-state index in [4.69, 9.17) is 0 Å². The predicted octanol–water partition coefficient (Wildman–Crippen LogP) is 2.71. The van der Waals surface area contributed by atoms with E-state index in [0.29, 0.717) is 24.3 Å². The molecule has 3 N–H and O–H groups in total. The monoisotopic (exact) mass is 370 g/mol. The number of benzene rings is 2. The van der Waals surface area contributed by atoms with E-state index in [1.807, 2.05) is 0 Å². The summed E-state index contributed by atoms with van der Waals surface area (Å²) in [5.41, 5.74) is 1.22. The first-order valence-corrected chi connectivity index (χ1v) is 8.45. The van der Waals surface area contributed by atoms with Gasteiger partial charge in [0.1, 0.15) is 11.9 Å². The molecule has 1 saturated heterocycles. The lowest BCUT2D eigenvalue weighted by atomic mass is 10.2. The number of anilines is 3. The number of rotatable bonds is 4. The van der Waals surface area contributed by atoms with Crippen LogP contribution in [0.4, 0.5) is 26.2 Å². The number of para-hydroxylation sites is 1. The molecule has 0 aromatic heterocycles. The van der Waals surface area contributed by atoms with Gasteiger partial charge < -0.3 is 20.9 Å². The summed E-state index contributed by atoms with van der Waals surface area (Å²) in [6.45, 7) is 1.71. The number of nitrogens with zero attached hydrogens (tertiary/aromatic N) is 1. The van der Waals surface area contributed by atoms with E-state index in [1.54, 1.807) is 36.4 Å². The molecule has 7 nitrogen and oxygen atoms in total. The van der Waals surface area contributed by atoms with Crippen LogP contribution in [0.1, 0.15) is 13.3 Å². The minimum Gasteiger partial charge on any atom is -0.326 e. The SMILES string of the molecule is CC(=O)Nc1cccc(NC(=O)NC2CCN(c3ccccc3F)C2=O)c1. The molecule has 1 fully saturated rings. The summed E-state index contributed by atoms with van der Waals surface area (Å²) in [6, 6.07) is 11.4. The first kappa shape index (κ1) is 18.4. The van der Waals surface area contributed by atoms with E-state index in [2.05, 4.69) is 16.0 Å². The summed E-state index contributed by atoms with van der Waals surface area (Å²) < 4.78 is 13.9. The fourth-order valence-corrected chi connectivity index (χ4v) is 2.93. The second kappa shape index (κ2) is 7.86. The van der Waals surface area contributed by atoms with E-state index in [9.17, 15) is 18.8 Å². The number of urea groups is 1. The summed E-state index contributed by atoms with van der Waals surface area (Å²) >= 11 is 0. The number of carbonyl (C=O) groups is 3. The molecule has 140 valence electrons. The lowest BCUT2D eigenvalue weighted by Crippen LogP contribution is -2.43. The number of carbonyl (C=O) groups excluding carboxylic acids is 3. The van der Waals surface area contributed by atoms with Gasteiger partial charge in [0.25, 0.3) is 0 Å². The van der Waals surface area contributed by atoms with Crippen LogP contribution in [0.15, 0.2) is 48.5 Å². The molecule has 27 heavy (non-hydrogen) atoms. The van der Waals surface area contributed by atoms with Gasteiger partial charge in [0.15, 0.2) is 0 Å². The first-order valence-electron chi connectivity index (χ1n) is 8.45. The number of nitrogens with one attached hydrogen (secondary N) is 3. The molecule has 1 unspecified atom stereocenters. The Balaban J connectivity index is 1.61. The van der Waals surface area contributed by atoms with Crippen molar-refractivity contribution in [1.82, 2.24) is 5.32 Å². The maximum absolute atomic E-state index is 13.9. The fourth-order valence-electron chi connectivity index (χ4n) is 2.93. The van der Waals surface area contributed by atoms with Gasteiger partial charge in [-0.25, -0.2) is 9.18 Å². The molecule has 1 atom stereocenters. The number of halogens is 1. The van der Waals surface area contributed by atoms with Crippen LogP contribution in [0.5, 0.6) is 0 Å². The summed E-state index contributed by atoms with van der Waals surface area (Å²) in [5, 5.41) is 7.85. The molecule has 0 radical (unpaired) electrons. The van der Waals surface area contributed by atoms with E-state index in [1.165, 1.54) is 24.0 Å². The maximum Gasteiger partial charge on any atom is 0.319 e. The van der Waals surface area contributed by atoms with Crippen LogP contribution in [0, 0.1) is 5.82 Å². The van der Waals surface area contributed by atoms with Crippen molar-refractivity contribution < 1.29 is 18.8 Å². The zero-order chi connectivity index (χ0) is 19.4. The van der Waals surface area contributed by atoms with E-state index in [0.717, 1.165) is 0 Å². The maximum atomic E-state index is 13.9. The Bertz CT molecular complexity index is 887. The highest BCUT2D eigenvalue weighted by molar-refractivity contribution is 6.02. The van der Waals surface area contributed by atoms with E-state index < -0.39 is 17.9 Å². The third-order valence-corrected chi connectivity index (χ3v) is 4.09. The van der Waals surface area contributed by atoms with E-state index >= 15 is 0 Å². The number of amides is 4. The zero-order valence-corrected chi connectivity index (χ0v) is 14.7. The normalized spacial score (nSPS) is 16.1. The van der Waals surface area contributed by atoms with Crippen LogP contribution in [-0.2, 0) is 9.59 Å². The molecule has 0 spiro atoms. The van der Waals surface area contributed by atoms with Gasteiger partial charge in [0, 0.05) is 24.8 Å². The molecule has 0 aliphatic carbocycles. The Morgan fingerprint density at radius 3 is 2.48 bits per heavy atom. The molecule has 8 heteroatoms. The van der Waals surface area contributed by atoms with Gasteiger partial charge in [0.2, 0.25) is 11.8 Å². The Hall–Kier alpha value is -3.42. The van der Waals surface area contributed by atoms with Gasteiger partial charge in [0.05, 0.1) is 5.69 Å². The smallest absolute Gasteiger partial charge is 0.319 e. The van der Waals surface area contributed by atoms with Crippen molar-refractivity contribution >= 4 is 34.9 Å². The molecule has 0 bridgehead atoms. The Labute approximate surface area is 155 Å². The standard InChI is InChI=1S/C19H19FN4O3/c1-12(25)21-13-5-4-6-14(11-13)22-19(27)23-16-9-10-24(18(16)26)17-8-3-2-7-15(17)20/h2-8,11,16H,9-10H2,1H3,(H,21,25)(H2,22,23,27). The van der Waals surface area contributed by atoms with Gasteiger partial charge in [-0.15, -0.1) is 0 Å². The summed E-state index contributed by atoms with van der Waals surface area (Å²) in [4.78, 5) is 37.1. The average Bonchev–Trinajstić information content (AvgIpc) is 2.95. The van der Waals surface area contributed by atoms with Crippen LogP contribution in [0.25, 0.3) is 0 Å². The van der Waals surface area contributed by atoms with E-state index in [-0.39, 0.29) is 17.5 Å². The second-order valence-corrected chi connectivity index (χ2v) is 6.14. The minimum absolute atomic E-state index is 0.204. The van der Waals surface area contributed by atoms with Gasteiger partial charge in [-0.05, 0) is 36.8 Å². The van der Waals surface area contributed by atoms with Crippen LogP contribution in [-0.4, -0.2) is 30.4 Å². The minimum atomic E-state index is -0.733. The molecular weight excluding hydrogens is 351 g/mol. The third-order valence-electron chi connectivity index (χ3n) is 4.09. The van der Waals surface area contributed by atoms with Gasteiger partial charge in [-0.2, -0.15) is 0 Å². The van der Waals surface area contributed by atoms with Crippen LogP contribution in [0.3, 0.4) is 0 Å². The lowest BCUT2D eigenvalue weighted by molar-refractivity contribution is -0.118. The second-order valence-electron chi connectivity index (χ2n) is 6.14. The predicted molar refractivity (Wildman–Crippen MR) is 100 cm³/mol. The van der Waals surface area contributed by atoms with Crippen LogP contribution >= 0.6 is 0 Å². The number of hydrogen-bond donors (Lipinski definition) is 3. The lowest BCUT2D eigenvalue weighted by Gasteiger charge is -2.18. The first-order chi connectivity index (χ1) is 12.9. The molecule has 4 amide bonds. The summed E-state index contributed by atoms with van der Waals surface area (Å²) in [6.07, 6.45) is 0.381. The average molecular weight is 370 g/mol. The highest BCUT2D eigenvalue weighted by atomic mass is 19.1. The Kier molecular flexibility index (Phi) is 5.35.